The Morgan fingerprint density at radius 1 is 0.769 bits per heavy atom. The van der Waals surface area contributed by atoms with E-state index in [2.05, 4.69) is 36.8 Å². The maximum absolute atomic E-state index is 9.32. The Hall–Kier alpha value is -2.81. The van der Waals surface area contributed by atoms with Crippen LogP contribution >= 0.6 is 0 Å². The Morgan fingerprint density at radius 2 is 1.38 bits per heavy atom. The molecule has 134 valence electrons. The van der Waals surface area contributed by atoms with E-state index in [4.69, 9.17) is 0 Å². The largest absolute Gasteiger partial charge is 0.367 e. The molecule has 6 nitrogen and oxygen atoms in total. The van der Waals surface area contributed by atoms with Crippen LogP contribution in [0, 0.1) is 11.3 Å². The van der Waals surface area contributed by atoms with Crippen molar-refractivity contribution in [1.29, 1.82) is 5.26 Å². The van der Waals surface area contributed by atoms with E-state index in [1.807, 2.05) is 24.3 Å². The Labute approximate surface area is 154 Å². The van der Waals surface area contributed by atoms with Crippen molar-refractivity contribution < 1.29 is 0 Å². The van der Waals surface area contributed by atoms with Gasteiger partial charge in [-0.15, -0.1) is 0 Å². The summed E-state index contributed by atoms with van der Waals surface area (Å²) in [7, 11) is 0. The molecule has 2 saturated heterocycles. The van der Waals surface area contributed by atoms with Crippen LogP contribution in [0.4, 0.5) is 17.3 Å². The summed E-state index contributed by atoms with van der Waals surface area (Å²) in [5.74, 6) is 2.06. The van der Waals surface area contributed by atoms with Crippen molar-refractivity contribution in [2.24, 2.45) is 0 Å². The van der Waals surface area contributed by atoms with Gasteiger partial charge in [-0.05, 0) is 31.4 Å². The van der Waals surface area contributed by atoms with E-state index in [-0.39, 0.29) is 0 Å². The normalized spacial score (nSPS) is 17.9. The van der Waals surface area contributed by atoms with Gasteiger partial charge in [-0.25, -0.2) is 9.97 Å². The molecule has 0 radical (unpaired) electrons. The molecule has 2 aliphatic rings. The van der Waals surface area contributed by atoms with E-state index in [9.17, 15) is 5.26 Å². The average molecular weight is 348 g/mol. The molecule has 26 heavy (non-hydrogen) atoms. The van der Waals surface area contributed by atoms with Gasteiger partial charge in [0.1, 0.15) is 24.0 Å². The van der Waals surface area contributed by atoms with Crippen molar-refractivity contribution in [2.75, 3.05) is 54.0 Å². The Balaban J connectivity index is 1.44. The van der Waals surface area contributed by atoms with Gasteiger partial charge >= 0.3 is 0 Å². The lowest BCUT2D eigenvalue weighted by molar-refractivity contribution is 0.572. The summed E-state index contributed by atoms with van der Waals surface area (Å²) in [6, 6.07) is 12.3. The van der Waals surface area contributed by atoms with Gasteiger partial charge < -0.3 is 14.7 Å². The second-order valence-electron chi connectivity index (χ2n) is 6.89. The summed E-state index contributed by atoms with van der Waals surface area (Å²) < 4.78 is 0. The molecule has 1 aromatic carbocycles. The van der Waals surface area contributed by atoms with Crippen LogP contribution < -0.4 is 14.7 Å². The quantitative estimate of drug-likeness (QED) is 0.850. The van der Waals surface area contributed by atoms with Crippen molar-refractivity contribution >= 4 is 17.3 Å². The molecule has 2 aliphatic heterocycles. The predicted molar refractivity (Wildman–Crippen MR) is 104 cm³/mol. The molecule has 1 aromatic heterocycles. The first-order chi connectivity index (χ1) is 12.8. The van der Waals surface area contributed by atoms with Gasteiger partial charge in [0.05, 0.1) is 11.3 Å². The van der Waals surface area contributed by atoms with Crippen LogP contribution in [0.5, 0.6) is 0 Å². The summed E-state index contributed by atoms with van der Waals surface area (Å²) >= 11 is 0. The van der Waals surface area contributed by atoms with Gasteiger partial charge in [-0.1, -0.05) is 12.1 Å². The van der Waals surface area contributed by atoms with E-state index >= 15 is 0 Å². The minimum absolute atomic E-state index is 0.746. The smallest absolute Gasteiger partial charge is 0.134 e. The number of para-hydroxylation sites is 1. The van der Waals surface area contributed by atoms with E-state index < -0.39 is 0 Å². The number of rotatable bonds is 3. The Bertz CT molecular complexity index is 785. The fraction of sp³-hybridized carbons (Fsp3) is 0.450. The van der Waals surface area contributed by atoms with E-state index in [1.165, 1.54) is 19.3 Å². The molecule has 0 amide bonds. The van der Waals surface area contributed by atoms with Crippen molar-refractivity contribution in [3.05, 3.63) is 42.2 Å². The van der Waals surface area contributed by atoms with Gasteiger partial charge in [0.15, 0.2) is 0 Å². The average Bonchev–Trinajstić information content (AvgIpc) is 2.74. The Morgan fingerprint density at radius 3 is 2.08 bits per heavy atom. The summed E-state index contributed by atoms with van der Waals surface area (Å²) in [5, 5.41) is 9.32. The molecule has 4 rings (SSSR count). The lowest BCUT2D eigenvalue weighted by Gasteiger charge is -2.37. The molecule has 2 aromatic rings. The van der Waals surface area contributed by atoms with Crippen molar-refractivity contribution in [1.82, 2.24) is 9.97 Å². The molecule has 2 fully saturated rings. The fourth-order valence-electron chi connectivity index (χ4n) is 3.83. The zero-order valence-electron chi connectivity index (χ0n) is 15.0. The number of piperazine rings is 1. The lowest BCUT2D eigenvalue weighted by Crippen LogP contribution is -2.47. The van der Waals surface area contributed by atoms with E-state index in [0.717, 1.165) is 62.2 Å². The third-order valence-electron chi connectivity index (χ3n) is 5.29. The molecule has 0 atom stereocenters. The molecule has 0 N–H and O–H groups in total. The summed E-state index contributed by atoms with van der Waals surface area (Å²) in [5.41, 5.74) is 1.78. The lowest BCUT2D eigenvalue weighted by atomic mass is 10.1. The molecular formula is C20H24N6. The maximum atomic E-state index is 9.32. The van der Waals surface area contributed by atoms with Crippen molar-refractivity contribution in [2.45, 2.75) is 19.3 Å². The third kappa shape index (κ3) is 3.43. The first-order valence-electron chi connectivity index (χ1n) is 9.41. The highest BCUT2D eigenvalue weighted by atomic mass is 15.3. The van der Waals surface area contributed by atoms with Gasteiger partial charge in [0.2, 0.25) is 0 Å². The first-order valence-corrected chi connectivity index (χ1v) is 9.41. The summed E-state index contributed by atoms with van der Waals surface area (Å²) in [6.45, 7) is 5.76. The molecule has 6 heteroatoms. The number of nitriles is 1. The SMILES string of the molecule is N#Cc1ccccc1N1CCN(c2cc(N3CCCCC3)ncn2)CC1. The number of hydrogen-bond acceptors (Lipinski definition) is 6. The number of anilines is 3. The van der Waals surface area contributed by atoms with Crippen LogP contribution in [0.2, 0.25) is 0 Å². The molecule has 0 spiro atoms. The monoisotopic (exact) mass is 348 g/mol. The third-order valence-corrected chi connectivity index (χ3v) is 5.29. The molecule has 0 aliphatic carbocycles. The van der Waals surface area contributed by atoms with E-state index in [0.29, 0.717) is 0 Å². The number of nitrogens with zero attached hydrogens (tertiary/aromatic N) is 6. The van der Waals surface area contributed by atoms with Crippen LogP contribution in [0.3, 0.4) is 0 Å². The highest BCUT2D eigenvalue weighted by Gasteiger charge is 2.21. The standard InChI is InChI=1S/C20H24N6/c21-15-17-6-2-3-7-18(17)24-10-12-26(13-11-24)20-14-19(22-16-23-20)25-8-4-1-5-9-25/h2-3,6-7,14,16H,1,4-5,8-13H2. The van der Waals surface area contributed by atoms with Crippen LogP contribution in [0.1, 0.15) is 24.8 Å². The first kappa shape index (κ1) is 16.6. The summed E-state index contributed by atoms with van der Waals surface area (Å²) in [6.07, 6.45) is 5.50. The number of aromatic nitrogens is 2. The number of benzene rings is 1. The molecular weight excluding hydrogens is 324 g/mol. The number of hydrogen-bond donors (Lipinski definition) is 0. The fourth-order valence-corrected chi connectivity index (χ4v) is 3.83. The van der Waals surface area contributed by atoms with Crippen LogP contribution in [-0.2, 0) is 0 Å². The van der Waals surface area contributed by atoms with Crippen molar-refractivity contribution in [3.63, 3.8) is 0 Å². The number of piperidine rings is 1. The maximum Gasteiger partial charge on any atom is 0.134 e. The summed E-state index contributed by atoms with van der Waals surface area (Å²) in [4.78, 5) is 16.0. The highest BCUT2D eigenvalue weighted by Crippen LogP contribution is 2.25. The second-order valence-corrected chi connectivity index (χ2v) is 6.89. The van der Waals surface area contributed by atoms with Gasteiger partial charge in [-0.2, -0.15) is 5.26 Å². The van der Waals surface area contributed by atoms with Gasteiger partial charge in [-0.3, -0.25) is 0 Å². The topological polar surface area (TPSA) is 59.3 Å². The zero-order valence-corrected chi connectivity index (χ0v) is 15.0. The minimum atomic E-state index is 0.746. The predicted octanol–water partition coefficient (Wildman–Crippen LogP) is 2.67. The molecule has 0 saturated carbocycles. The van der Waals surface area contributed by atoms with E-state index in [1.54, 1.807) is 6.33 Å². The Kier molecular flexibility index (Phi) is 4.87. The van der Waals surface area contributed by atoms with Gasteiger partial charge in [0, 0.05) is 45.3 Å². The minimum Gasteiger partial charge on any atom is -0.367 e. The van der Waals surface area contributed by atoms with Crippen LogP contribution in [0.15, 0.2) is 36.7 Å². The molecule has 0 bridgehead atoms. The second kappa shape index (κ2) is 7.61. The van der Waals surface area contributed by atoms with Crippen LogP contribution in [0.25, 0.3) is 0 Å². The molecule has 3 heterocycles. The van der Waals surface area contributed by atoms with Crippen LogP contribution in [-0.4, -0.2) is 49.2 Å². The molecule has 0 unspecified atom stereocenters. The highest BCUT2D eigenvalue weighted by molar-refractivity contribution is 5.60. The van der Waals surface area contributed by atoms with Gasteiger partial charge in [0.25, 0.3) is 0 Å². The zero-order chi connectivity index (χ0) is 17.8. The van der Waals surface area contributed by atoms with Crippen molar-refractivity contribution in [3.8, 4) is 6.07 Å².